The molecular weight excluding hydrogens is 331 g/mol. The van der Waals surface area contributed by atoms with Crippen molar-refractivity contribution in [3.63, 3.8) is 0 Å². The molecule has 3 rings (SSSR count). The number of para-hydroxylation sites is 1. The van der Waals surface area contributed by atoms with E-state index in [9.17, 15) is 4.79 Å². The van der Waals surface area contributed by atoms with Gasteiger partial charge in [0.2, 0.25) is 5.91 Å². The van der Waals surface area contributed by atoms with E-state index in [0.717, 1.165) is 42.9 Å². The van der Waals surface area contributed by atoms with Crippen molar-refractivity contribution in [2.24, 2.45) is 0 Å². The van der Waals surface area contributed by atoms with Gasteiger partial charge >= 0.3 is 0 Å². The van der Waals surface area contributed by atoms with Crippen LogP contribution < -0.4 is 10.2 Å². The highest BCUT2D eigenvalue weighted by Crippen LogP contribution is 2.36. The largest absolute Gasteiger partial charge is 0.369 e. The molecule has 1 heterocycles. The first-order valence-corrected chi connectivity index (χ1v) is 8.47. The van der Waals surface area contributed by atoms with Crippen LogP contribution in [0.25, 0.3) is 0 Å². The van der Waals surface area contributed by atoms with Gasteiger partial charge in [0.1, 0.15) is 0 Å². The molecule has 0 aliphatic carbocycles. The Bertz CT molecular complexity index is 695. The molecule has 1 aliphatic heterocycles. The SMILES string of the molecule is O=C(Cc1ccc(Cl)cc1)Nc1cccc(Cl)c1N1CCCC1. The van der Waals surface area contributed by atoms with Gasteiger partial charge in [-0.2, -0.15) is 0 Å². The summed E-state index contributed by atoms with van der Waals surface area (Å²) < 4.78 is 0. The van der Waals surface area contributed by atoms with Gasteiger partial charge in [-0.25, -0.2) is 0 Å². The van der Waals surface area contributed by atoms with Gasteiger partial charge < -0.3 is 10.2 Å². The van der Waals surface area contributed by atoms with Gasteiger partial charge in [0.25, 0.3) is 0 Å². The van der Waals surface area contributed by atoms with Crippen molar-refractivity contribution in [1.82, 2.24) is 0 Å². The van der Waals surface area contributed by atoms with Crippen LogP contribution in [-0.4, -0.2) is 19.0 Å². The molecule has 23 heavy (non-hydrogen) atoms. The molecule has 1 fully saturated rings. The fraction of sp³-hybridized carbons (Fsp3) is 0.278. The van der Waals surface area contributed by atoms with Crippen molar-refractivity contribution in [2.45, 2.75) is 19.3 Å². The maximum absolute atomic E-state index is 12.3. The summed E-state index contributed by atoms with van der Waals surface area (Å²) in [6, 6.07) is 12.9. The zero-order valence-electron chi connectivity index (χ0n) is 12.7. The molecular formula is C18H18Cl2N2O. The molecule has 3 nitrogen and oxygen atoms in total. The molecule has 2 aromatic carbocycles. The van der Waals surface area contributed by atoms with Crippen LogP contribution in [0.4, 0.5) is 11.4 Å². The van der Waals surface area contributed by atoms with Crippen molar-refractivity contribution in [1.29, 1.82) is 0 Å². The molecule has 0 saturated carbocycles. The maximum Gasteiger partial charge on any atom is 0.228 e. The second-order valence-electron chi connectivity index (χ2n) is 5.68. The Labute approximate surface area is 146 Å². The summed E-state index contributed by atoms with van der Waals surface area (Å²) in [5, 5.41) is 4.34. The smallest absolute Gasteiger partial charge is 0.228 e. The van der Waals surface area contributed by atoms with E-state index in [1.165, 1.54) is 0 Å². The Morgan fingerprint density at radius 1 is 1.04 bits per heavy atom. The average molecular weight is 349 g/mol. The summed E-state index contributed by atoms with van der Waals surface area (Å²) in [5.41, 5.74) is 2.63. The van der Waals surface area contributed by atoms with Crippen LogP contribution in [0.1, 0.15) is 18.4 Å². The summed E-state index contributed by atoms with van der Waals surface area (Å²) in [6.07, 6.45) is 2.62. The van der Waals surface area contributed by atoms with Crippen LogP contribution in [0.3, 0.4) is 0 Å². The summed E-state index contributed by atoms with van der Waals surface area (Å²) in [7, 11) is 0. The van der Waals surface area contributed by atoms with Crippen molar-refractivity contribution >= 4 is 40.5 Å². The quantitative estimate of drug-likeness (QED) is 0.862. The molecule has 0 bridgehead atoms. The number of hydrogen-bond acceptors (Lipinski definition) is 2. The van der Waals surface area contributed by atoms with Crippen molar-refractivity contribution in [2.75, 3.05) is 23.3 Å². The van der Waals surface area contributed by atoms with Gasteiger partial charge in [-0.1, -0.05) is 41.4 Å². The van der Waals surface area contributed by atoms with E-state index < -0.39 is 0 Å². The highest BCUT2D eigenvalue weighted by molar-refractivity contribution is 6.34. The summed E-state index contributed by atoms with van der Waals surface area (Å²) in [5.74, 6) is -0.0602. The highest BCUT2D eigenvalue weighted by atomic mass is 35.5. The van der Waals surface area contributed by atoms with Crippen LogP contribution in [-0.2, 0) is 11.2 Å². The van der Waals surface area contributed by atoms with E-state index in [1.807, 2.05) is 30.3 Å². The first kappa shape index (κ1) is 16.2. The molecule has 0 atom stereocenters. The summed E-state index contributed by atoms with van der Waals surface area (Å²) >= 11 is 12.2. The molecule has 1 aliphatic rings. The van der Waals surface area contributed by atoms with Crippen LogP contribution >= 0.6 is 23.2 Å². The number of amides is 1. The third-order valence-corrected chi connectivity index (χ3v) is 4.52. The lowest BCUT2D eigenvalue weighted by molar-refractivity contribution is -0.115. The molecule has 120 valence electrons. The van der Waals surface area contributed by atoms with Crippen LogP contribution in [0.2, 0.25) is 10.0 Å². The maximum atomic E-state index is 12.3. The van der Waals surface area contributed by atoms with E-state index in [1.54, 1.807) is 12.1 Å². The van der Waals surface area contributed by atoms with Gasteiger partial charge in [-0.15, -0.1) is 0 Å². The van der Waals surface area contributed by atoms with E-state index in [-0.39, 0.29) is 5.91 Å². The lowest BCUT2D eigenvalue weighted by Gasteiger charge is -2.23. The molecule has 0 spiro atoms. The van der Waals surface area contributed by atoms with E-state index in [2.05, 4.69) is 10.2 Å². The predicted molar refractivity (Wildman–Crippen MR) is 96.7 cm³/mol. The van der Waals surface area contributed by atoms with E-state index >= 15 is 0 Å². The van der Waals surface area contributed by atoms with Gasteiger partial charge in [-0.05, 0) is 42.7 Å². The van der Waals surface area contributed by atoms with Crippen LogP contribution in [0.15, 0.2) is 42.5 Å². The van der Waals surface area contributed by atoms with Crippen molar-refractivity contribution in [3.8, 4) is 0 Å². The Kier molecular flexibility index (Phi) is 5.09. The number of nitrogens with zero attached hydrogens (tertiary/aromatic N) is 1. The second-order valence-corrected chi connectivity index (χ2v) is 6.53. The van der Waals surface area contributed by atoms with E-state index in [0.29, 0.717) is 16.5 Å². The summed E-state index contributed by atoms with van der Waals surface area (Å²) in [6.45, 7) is 1.95. The molecule has 0 aromatic heterocycles. The lowest BCUT2D eigenvalue weighted by atomic mass is 10.1. The van der Waals surface area contributed by atoms with Crippen molar-refractivity contribution < 1.29 is 4.79 Å². The molecule has 1 amide bonds. The first-order chi connectivity index (χ1) is 11.1. The lowest BCUT2D eigenvalue weighted by Crippen LogP contribution is -2.22. The summed E-state index contributed by atoms with van der Waals surface area (Å²) in [4.78, 5) is 14.6. The van der Waals surface area contributed by atoms with Gasteiger partial charge in [-0.3, -0.25) is 4.79 Å². The fourth-order valence-corrected chi connectivity index (χ4v) is 3.28. The van der Waals surface area contributed by atoms with Crippen LogP contribution in [0.5, 0.6) is 0 Å². The molecule has 0 radical (unpaired) electrons. The number of carbonyl (C=O) groups is 1. The number of carbonyl (C=O) groups excluding carboxylic acids is 1. The zero-order chi connectivity index (χ0) is 16.2. The van der Waals surface area contributed by atoms with Gasteiger partial charge in [0, 0.05) is 18.1 Å². The van der Waals surface area contributed by atoms with Crippen molar-refractivity contribution in [3.05, 3.63) is 58.1 Å². The second kappa shape index (κ2) is 7.24. The molecule has 2 aromatic rings. The number of halogens is 2. The third-order valence-electron chi connectivity index (χ3n) is 3.96. The monoisotopic (exact) mass is 348 g/mol. The van der Waals surface area contributed by atoms with Crippen LogP contribution in [0, 0.1) is 0 Å². The molecule has 1 saturated heterocycles. The van der Waals surface area contributed by atoms with Gasteiger partial charge in [0.05, 0.1) is 22.8 Å². The van der Waals surface area contributed by atoms with E-state index in [4.69, 9.17) is 23.2 Å². The Hall–Kier alpha value is -1.71. The first-order valence-electron chi connectivity index (χ1n) is 7.71. The molecule has 1 N–H and O–H groups in total. The highest BCUT2D eigenvalue weighted by Gasteiger charge is 2.19. The zero-order valence-corrected chi connectivity index (χ0v) is 14.2. The number of anilines is 2. The standard InChI is InChI=1S/C18H18Cl2N2O/c19-14-8-6-13(7-9-14)12-17(23)21-16-5-3-4-15(20)18(16)22-10-1-2-11-22/h3-9H,1-2,10-12H2,(H,21,23). The Morgan fingerprint density at radius 3 is 2.43 bits per heavy atom. The fourth-order valence-electron chi connectivity index (χ4n) is 2.86. The normalized spacial score (nSPS) is 14.1. The minimum Gasteiger partial charge on any atom is -0.369 e. The minimum atomic E-state index is -0.0602. The third kappa shape index (κ3) is 3.98. The Balaban J connectivity index is 1.75. The minimum absolute atomic E-state index is 0.0602. The number of rotatable bonds is 4. The number of hydrogen-bond donors (Lipinski definition) is 1. The molecule has 0 unspecified atom stereocenters. The van der Waals surface area contributed by atoms with Gasteiger partial charge in [0.15, 0.2) is 0 Å². The number of nitrogens with one attached hydrogen (secondary N) is 1. The Morgan fingerprint density at radius 2 is 1.74 bits per heavy atom. The molecule has 5 heteroatoms. The topological polar surface area (TPSA) is 32.3 Å². The predicted octanol–water partition coefficient (Wildman–Crippen LogP) is 4.77. The average Bonchev–Trinajstić information content (AvgIpc) is 3.03. The number of benzene rings is 2.